The molecule has 2 rings (SSSR count). The van der Waals surface area contributed by atoms with Gasteiger partial charge in [0.1, 0.15) is 4.21 Å². The van der Waals surface area contributed by atoms with Crippen LogP contribution in [-0.4, -0.2) is 45.0 Å². The molecule has 19 heavy (non-hydrogen) atoms. The molecule has 0 bridgehead atoms. The molecule has 1 aliphatic rings. The van der Waals surface area contributed by atoms with E-state index in [-0.39, 0.29) is 40.2 Å². The minimum absolute atomic E-state index is 0. The summed E-state index contributed by atoms with van der Waals surface area (Å²) in [5.41, 5.74) is 0. The minimum atomic E-state index is -3.52. The van der Waals surface area contributed by atoms with Crippen molar-refractivity contribution in [3.05, 3.63) is 17.0 Å². The predicted molar refractivity (Wildman–Crippen MR) is 62.6 cm³/mol. The third-order valence-electron chi connectivity index (χ3n) is 2.52. The van der Waals surface area contributed by atoms with Gasteiger partial charge >= 0.3 is 29.6 Å². The average Bonchev–Trinajstić information content (AvgIpc) is 2.78. The number of nitrogens with zero attached hydrogens (tertiary/aromatic N) is 1. The van der Waals surface area contributed by atoms with Crippen molar-refractivity contribution in [2.24, 2.45) is 0 Å². The zero-order valence-electron chi connectivity index (χ0n) is 10.5. The summed E-state index contributed by atoms with van der Waals surface area (Å²) >= 11 is 0.971. The number of sulfonamides is 1. The SMILES string of the molecule is O=C([O-])Cc1ccc(S(=O)(=O)N2CCOCC2)s1.[Na+]. The van der Waals surface area contributed by atoms with Crippen molar-refractivity contribution in [3.63, 3.8) is 0 Å². The van der Waals surface area contributed by atoms with E-state index in [4.69, 9.17) is 4.74 Å². The Hall–Kier alpha value is 0.0400. The fourth-order valence-electron chi connectivity index (χ4n) is 1.65. The van der Waals surface area contributed by atoms with Crippen LogP contribution in [0.15, 0.2) is 16.3 Å². The van der Waals surface area contributed by atoms with E-state index >= 15 is 0 Å². The van der Waals surface area contributed by atoms with Crippen LogP contribution in [0.2, 0.25) is 0 Å². The van der Waals surface area contributed by atoms with Crippen molar-refractivity contribution in [2.45, 2.75) is 10.6 Å². The molecule has 2 heterocycles. The third-order valence-corrected chi connectivity index (χ3v) is 5.97. The van der Waals surface area contributed by atoms with Crippen LogP contribution < -0.4 is 34.7 Å². The molecule has 0 saturated carbocycles. The van der Waals surface area contributed by atoms with Crippen LogP contribution in [0.1, 0.15) is 4.88 Å². The van der Waals surface area contributed by atoms with Crippen molar-refractivity contribution < 1.29 is 52.6 Å². The Morgan fingerprint density at radius 2 is 2.00 bits per heavy atom. The third kappa shape index (κ3) is 4.25. The van der Waals surface area contributed by atoms with E-state index in [1.54, 1.807) is 0 Å². The van der Waals surface area contributed by atoms with Crippen molar-refractivity contribution in [1.29, 1.82) is 0 Å². The van der Waals surface area contributed by atoms with Gasteiger partial charge in [-0.3, -0.25) is 0 Å². The van der Waals surface area contributed by atoms with Gasteiger partial charge in [-0.05, 0) is 12.1 Å². The molecule has 0 aromatic carbocycles. The summed E-state index contributed by atoms with van der Waals surface area (Å²) in [6.07, 6.45) is -0.261. The number of hydrogen-bond acceptors (Lipinski definition) is 6. The van der Waals surface area contributed by atoms with Crippen LogP contribution in [0.25, 0.3) is 0 Å². The maximum absolute atomic E-state index is 12.2. The van der Waals surface area contributed by atoms with Crippen LogP contribution in [0.3, 0.4) is 0 Å². The number of morpholine rings is 1. The van der Waals surface area contributed by atoms with E-state index in [0.717, 1.165) is 11.3 Å². The smallest absolute Gasteiger partial charge is 0.550 e. The molecule has 1 fully saturated rings. The molecule has 0 aliphatic carbocycles. The van der Waals surface area contributed by atoms with E-state index in [2.05, 4.69) is 0 Å². The van der Waals surface area contributed by atoms with E-state index in [1.807, 2.05) is 0 Å². The van der Waals surface area contributed by atoms with Gasteiger partial charge < -0.3 is 14.6 Å². The standard InChI is InChI=1S/C10H13NO5S2.Na/c12-9(13)7-8-1-2-10(17-8)18(14,15)11-3-5-16-6-4-11;/h1-2H,3-7H2,(H,12,13);/q;+1/p-1. The van der Waals surface area contributed by atoms with Gasteiger partial charge in [0, 0.05) is 30.4 Å². The van der Waals surface area contributed by atoms with E-state index in [0.29, 0.717) is 31.2 Å². The predicted octanol–water partition coefficient (Wildman–Crippen LogP) is -3.93. The second-order valence-corrected chi connectivity index (χ2v) is 7.12. The molecule has 0 amide bonds. The van der Waals surface area contributed by atoms with E-state index < -0.39 is 16.0 Å². The number of aliphatic carboxylic acids is 1. The summed E-state index contributed by atoms with van der Waals surface area (Å²) in [6.45, 7) is 1.43. The van der Waals surface area contributed by atoms with Crippen LogP contribution in [0.4, 0.5) is 0 Å². The number of hydrogen-bond donors (Lipinski definition) is 0. The average molecular weight is 313 g/mol. The summed E-state index contributed by atoms with van der Waals surface area (Å²) in [5.74, 6) is -1.22. The van der Waals surface area contributed by atoms with Crippen LogP contribution in [0.5, 0.6) is 0 Å². The Morgan fingerprint density at radius 3 is 2.58 bits per heavy atom. The zero-order valence-corrected chi connectivity index (χ0v) is 14.1. The fraction of sp³-hybridized carbons (Fsp3) is 0.500. The topological polar surface area (TPSA) is 86.7 Å². The van der Waals surface area contributed by atoms with Crippen LogP contribution >= 0.6 is 11.3 Å². The number of carbonyl (C=O) groups excluding carboxylic acids is 1. The molecular weight excluding hydrogens is 301 g/mol. The Bertz CT molecular complexity index is 536. The minimum Gasteiger partial charge on any atom is -0.550 e. The molecule has 100 valence electrons. The van der Waals surface area contributed by atoms with Gasteiger partial charge in [-0.15, -0.1) is 11.3 Å². The van der Waals surface area contributed by atoms with Crippen molar-refractivity contribution in [1.82, 2.24) is 4.31 Å². The van der Waals surface area contributed by atoms with Crippen molar-refractivity contribution in [2.75, 3.05) is 26.3 Å². The molecule has 0 atom stereocenters. The normalized spacial score (nSPS) is 16.8. The molecule has 1 aromatic heterocycles. The van der Waals surface area contributed by atoms with Gasteiger partial charge in [0.2, 0.25) is 0 Å². The first-order chi connectivity index (χ1) is 8.50. The summed E-state index contributed by atoms with van der Waals surface area (Å²) in [5, 5.41) is 10.4. The van der Waals surface area contributed by atoms with E-state index in [9.17, 15) is 18.3 Å². The van der Waals surface area contributed by atoms with Crippen LogP contribution in [0, 0.1) is 0 Å². The molecule has 0 spiro atoms. The molecule has 0 radical (unpaired) electrons. The number of carbonyl (C=O) groups is 1. The summed E-state index contributed by atoms with van der Waals surface area (Å²) in [7, 11) is -3.52. The first-order valence-corrected chi connectivity index (χ1v) is 7.62. The number of ether oxygens (including phenoxy) is 1. The fourth-order valence-corrected chi connectivity index (χ4v) is 4.55. The summed E-state index contributed by atoms with van der Waals surface area (Å²) in [6, 6.07) is 2.95. The molecule has 0 unspecified atom stereocenters. The number of carboxylic acids is 1. The zero-order chi connectivity index (χ0) is 13.2. The molecule has 1 aromatic rings. The van der Waals surface area contributed by atoms with Gasteiger partial charge in [-0.25, -0.2) is 8.42 Å². The number of carboxylic acid groups (broad SMARTS) is 1. The Kier molecular flexibility index (Phi) is 6.44. The maximum atomic E-state index is 12.2. The van der Waals surface area contributed by atoms with Gasteiger partial charge in [0.05, 0.1) is 13.2 Å². The molecule has 0 N–H and O–H groups in total. The number of thiophene rings is 1. The van der Waals surface area contributed by atoms with Gasteiger partial charge in [-0.1, -0.05) is 0 Å². The monoisotopic (exact) mass is 313 g/mol. The van der Waals surface area contributed by atoms with Gasteiger partial charge in [-0.2, -0.15) is 4.31 Å². The van der Waals surface area contributed by atoms with Crippen molar-refractivity contribution >= 4 is 27.3 Å². The largest absolute Gasteiger partial charge is 1.00 e. The van der Waals surface area contributed by atoms with Gasteiger partial charge in [0.25, 0.3) is 10.0 Å². The molecule has 1 aliphatic heterocycles. The second-order valence-electron chi connectivity index (χ2n) is 3.79. The molecule has 1 saturated heterocycles. The first kappa shape index (κ1) is 17.1. The summed E-state index contributed by atoms with van der Waals surface area (Å²) in [4.78, 5) is 10.9. The van der Waals surface area contributed by atoms with Crippen LogP contribution in [-0.2, 0) is 26.0 Å². The summed E-state index contributed by atoms with van der Waals surface area (Å²) < 4.78 is 31.0. The van der Waals surface area contributed by atoms with Gasteiger partial charge in [0.15, 0.2) is 0 Å². The first-order valence-electron chi connectivity index (χ1n) is 5.36. The molecule has 9 heteroatoms. The van der Waals surface area contributed by atoms with E-state index in [1.165, 1.54) is 16.4 Å². The molecule has 6 nitrogen and oxygen atoms in total. The van der Waals surface area contributed by atoms with Crippen molar-refractivity contribution in [3.8, 4) is 0 Å². The Labute approximate surface area is 137 Å². The Balaban J connectivity index is 0.00000180. The second kappa shape index (κ2) is 7.16. The quantitative estimate of drug-likeness (QED) is 0.530. The number of rotatable bonds is 4. The maximum Gasteiger partial charge on any atom is 1.00 e. The Morgan fingerprint density at radius 1 is 1.37 bits per heavy atom. The molecular formula is C10H12NNaO5S2.